The largest absolute Gasteiger partial charge is 0.489 e. The third-order valence-corrected chi connectivity index (χ3v) is 7.48. The molecule has 5 rings (SSSR count). The summed E-state index contributed by atoms with van der Waals surface area (Å²) in [4.78, 5) is 16.0. The van der Waals surface area contributed by atoms with Gasteiger partial charge in [-0.2, -0.15) is 13.2 Å². The molecule has 0 aliphatic heterocycles. The van der Waals surface area contributed by atoms with Crippen molar-refractivity contribution in [2.45, 2.75) is 45.4 Å². The molecule has 214 valence electrons. The third kappa shape index (κ3) is 5.86. The number of alkyl halides is 3. The Kier molecular flexibility index (Phi) is 8.29. The van der Waals surface area contributed by atoms with E-state index >= 15 is 0 Å². The van der Waals surface area contributed by atoms with Gasteiger partial charge in [-0.1, -0.05) is 86.6 Å². The average Bonchev–Trinajstić information content (AvgIpc) is 2.99. The molecule has 4 aromatic carbocycles. The van der Waals surface area contributed by atoms with Crippen molar-refractivity contribution in [2.75, 3.05) is 0 Å². The molecule has 1 N–H and O–H groups in total. The first-order valence-corrected chi connectivity index (χ1v) is 13.8. The van der Waals surface area contributed by atoms with Crippen LogP contribution in [0.1, 0.15) is 48.4 Å². The molecule has 0 spiro atoms. The van der Waals surface area contributed by atoms with E-state index in [4.69, 9.17) is 4.74 Å². The first-order valence-electron chi connectivity index (χ1n) is 13.8. The lowest BCUT2D eigenvalue weighted by molar-refractivity contribution is -0.139. The Morgan fingerprint density at radius 3 is 2.40 bits per heavy atom. The zero-order valence-electron chi connectivity index (χ0n) is 23.3. The van der Waals surface area contributed by atoms with E-state index in [1.54, 1.807) is 18.2 Å². The van der Waals surface area contributed by atoms with Crippen molar-refractivity contribution in [3.8, 4) is 28.0 Å². The fourth-order valence-electron chi connectivity index (χ4n) is 5.42. The maximum atomic E-state index is 14.0. The van der Waals surface area contributed by atoms with Gasteiger partial charge >= 0.3 is 12.1 Å². The van der Waals surface area contributed by atoms with Gasteiger partial charge in [-0.25, -0.2) is 0 Å². The number of carboxylic acid groups (broad SMARTS) is 1. The van der Waals surface area contributed by atoms with E-state index in [1.807, 2.05) is 74.5 Å². The Morgan fingerprint density at radius 1 is 0.905 bits per heavy atom. The number of hydrogen-bond acceptors (Lipinski definition) is 3. The molecule has 1 aromatic heterocycles. The van der Waals surface area contributed by atoms with Gasteiger partial charge in [0, 0.05) is 22.7 Å². The minimum atomic E-state index is -4.55. The van der Waals surface area contributed by atoms with Crippen molar-refractivity contribution in [2.24, 2.45) is 0 Å². The van der Waals surface area contributed by atoms with Crippen molar-refractivity contribution in [1.29, 1.82) is 0 Å². The lowest BCUT2D eigenvalue weighted by Crippen LogP contribution is -2.10. The first-order chi connectivity index (χ1) is 20.2. The number of halogens is 3. The maximum absolute atomic E-state index is 14.0. The van der Waals surface area contributed by atoms with Crippen LogP contribution in [0.4, 0.5) is 13.2 Å². The number of hydrogen-bond donors (Lipinski definition) is 1. The predicted molar refractivity (Wildman–Crippen MR) is 158 cm³/mol. The van der Waals surface area contributed by atoms with Gasteiger partial charge < -0.3 is 9.84 Å². The molecule has 7 heteroatoms. The fraction of sp³-hybridized carbons (Fsp3) is 0.200. The first kappa shape index (κ1) is 28.9. The molecule has 0 amide bonds. The summed E-state index contributed by atoms with van der Waals surface area (Å²) >= 11 is 0. The Balaban J connectivity index is 1.59. The van der Waals surface area contributed by atoms with E-state index in [9.17, 15) is 23.1 Å². The zero-order valence-corrected chi connectivity index (χ0v) is 23.3. The second-order valence-electron chi connectivity index (χ2n) is 10.1. The van der Waals surface area contributed by atoms with Gasteiger partial charge in [0.25, 0.3) is 0 Å². The highest BCUT2D eigenvalue weighted by atomic mass is 19.4. The highest BCUT2D eigenvalue weighted by Gasteiger charge is 2.34. The second-order valence-corrected chi connectivity index (χ2v) is 10.1. The van der Waals surface area contributed by atoms with Gasteiger partial charge in [0.05, 0.1) is 17.0 Å². The van der Waals surface area contributed by atoms with Crippen molar-refractivity contribution >= 4 is 16.9 Å². The van der Waals surface area contributed by atoms with Crippen LogP contribution in [-0.2, 0) is 24.0 Å². The molecule has 0 saturated carbocycles. The highest BCUT2D eigenvalue weighted by molar-refractivity contribution is 6.03. The number of carbonyl (C=O) groups is 1. The number of aromatic nitrogens is 1. The van der Waals surface area contributed by atoms with E-state index < -0.39 is 23.6 Å². The molecular formula is C35H30F3NO3. The van der Waals surface area contributed by atoms with Crippen LogP contribution in [0.2, 0.25) is 0 Å². The van der Waals surface area contributed by atoms with E-state index in [-0.39, 0.29) is 12.1 Å². The van der Waals surface area contributed by atoms with Crippen LogP contribution in [-0.4, -0.2) is 16.1 Å². The second kappa shape index (κ2) is 12.1. The number of rotatable bonds is 9. The van der Waals surface area contributed by atoms with E-state index in [0.29, 0.717) is 34.2 Å². The molecule has 1 heterocycles. The molecule has 0 saturated heterocycles. The van der Waals surface area contributed by atoms with Crippen molar-refractivity contribution in [3.63, 3.8) is 0 Å². The summed E-state index contributed by atoms with van der Waals surface area (Å²) < 4.78 is 48.0. The molecule has 0 radical (unpaired) electrons. The zero-order chi connectivity index (χ0) is 29.9. The SMILES string of the molecule is CCc1ccccc1-c1cnc2c(C(F)(F)F)cccc2c1-c1cccc(OCc2cccc(C(CC)C(=O)O)c2)c1. The summed E-state index contributed by atoms with van der Waals surface area (Å²) in [7, 11) is 0. The minimum absolute atomic E-state index is 0.107. The predicted octanol–water partition coefficient (Wildman–Crippen LogP) is 9.31. The average molecular weight is 570 g/mol. The van der Waals surface area contributed by atoms with Crippen LogP contribution in [0.5, 0.6) is 5.75 Å². The Bertz CT molecular complexity index is 1750. The molecular weight excluding hydrogens is 539 g/mol. The molecule has 1 unspecified atom stereocenters. The van der Waals surface area contributed by atoms with Crippen molar-refractivity contribution in [3.05, 3.63) is 119 Å². The topological polar surface area (TPSA) is 59.4 Å². The van der Waals surface area contributed by atoms with Crippen LogP contribution in [0.3, 0.4) is 0 Å². The smallest absolute Gasteiger partial charge is 0.418 e. The van der Waals surface area contributed by atoms with Gasteiger partial charge in [-0.05, 0) is 58.9 Å². The quantitative estimate of drug-likeness (QED) is 0.192. The standard InChI is InChI=1S/C35H30F3NO3/c1-3-23-11-5-6-15-28(23)30-20-39-33-29(16-9-17-31(33)35(36,37)38)32(30)25-13-8-14-26(19-25)42-21-22-10-7-12-24(18-22)27(4-2)34(40)41/h5-20,27H,3-4,21H2,1-2H3,(H,40,41). The highest BCUT2D eigenvalue weighted by Crippen LogP contribution is 2.43. The van der Waals surface area contributed by atoms with Crippen LogP contribution >= 0.6 is 0 Å². The van der Waals surface area contributed by atoms with Crippen LogP contribution in [0.15, 0.2) is 97.2 Å². The van der Waals surface area contributed by atoms with Gasteiger partial charge in [0.1, 0.15) is 12.4 Å². The Hall–Kier alpha value is -4.65. The normalized spacial score (nSPS) is 12.3. The summed E-state index contributed by atoms with van der Waals surface area (Å²) in [5, 5.41) is 9.94. The molecule has 0 bridgehead atoms. The number of pyridine rings is 1. The summed E-state index contributed by atoms with van der Waals surface area (Å²) in [5.74, 6) is -0.934. The molecule has 0 aliphatic carbocycles. The van der Waals surface area contributed by atoms with Gasteiger partial charge in [-0.3, -0.25) is 9.78 Å². The van der Waals surface area contributed by atoms with Crippen molar-refractivity contribution in [1.82, 2.24) is 4.98 Å². The van der Waals surface area contributed by atoms with E-state index in [0.717, 1.165) is 34.7 Å². The van der Waals surface area contributed by atoms with Crippen LogP contribution < -0.4 is 4.74 Å². The number of benzene rings is 4. The minimum Gasteiger partial charge on any atom is -0.489 e. The number of ether oxygens (including phenoxy) is 1. The third-order valence-electron chi connectivity index (χ3n) is 7.48. The van der Waals surface area contributed by atoms with Gasteiger partial charge in [-0.15, -0.1) is 0 Å². The monoisotopic (exact) mass is 569 g/mol. The Labute approximate surface area is 242 Å². The number of aryl methyl sites for hydroxylation is 1. The van der Waals surface area contributed by atoms with E-state index in [1.165, 1.54) is 12.3 Å². The number of aliphatic carboxylic acids is 1. The summed E-state index contributed by atoms with van der Waals surface area (Å²) in [5.41, 5.74) is 4.70. The molecule has 5 aromatic rings. The maximum Gasteiger partial charge on any atom is 0.418 e. The molecule has 0 fully saturated rings. The lowest BCUT2D eigenvalue weighted by Gasteiger charge is -2.18. The number of fused-ring (bicyclic) bond motifs is 1. The molecule has 0 aliphatic rings. The van der Waals surface area contributed by atoms with Gasteiger partial charge in [0.15, 0.2) is 0 Å². The number of carboxylic acids is 1. The lowest BCUT2D eigenvalue weighted by atomic mass is 9.89. The van der Waals surface area contributed by atoms with Crippen molar-refractivity contribution < 1.29 is 27.8 Å². The molecule has 1 atom stereocenters. The van der Waals surface area contributed by atoms with Crippen LogP contribution in [0, 0.1) is 0 Å². The molecule has 4 nitrogen and oxygen atoms in total. The van der Waals surface area contributed by atoms with Gasteiger partial charge in [0.2, 0.25) is 0 Å². The fourth-order valence-corrected chi connectivity index (χ4v) is 5.42. The molecule has 42 heavy (non-hydrogen) atoms. The van der Waals surface area contributed by atoms with Crippen LogP contribution in [0.25, 0.3) is 33.2 Å². The summed E-state index contributed by atoms with van der Waals surface area (Å²) in [6.07, 6.45) is -1.79. The summed E-state index contributed by atoms with van der Waals surface area (Å²) in [6, 6.07) is 26.6. The summed E-state index contributed by atoms with van der Waals surface area (Å²) in [6.45, 7) is 4.08. The number of nitrogens with zero attached hydrogens (tertiary/aromatic N) is 1. The number of para-hydroxylation sites is 1. The van der Waals surface area contributed by atoms with E-state index in [2.05, 4.69) is 4.98 Å². The Morgan fingerprint density at radius 2 is 1.67 bits per heavy atom.